The molecule has 190 valence electrons. The lowest BCUT2D eigenvalue weighted by Gasteiger charge is -2.05. The van der Waals surface area contributed by atoms with Gasteiger partial charge in [0, 0.05) is 5.57 Å². The molecule has 0 saturated carbocycles. The van der Waals surface area contributed by atoms with Gasteiger partial charge in [-0.1, -0.05) is 89.1 Å². The van der Waals surface area contributed by atoms with Crippen LogP contribution in [0.1, 0.15) is 95.6 Å². The molecule has 2 aromatic rings. The van der Waals surface area contributed by atoms with Gasteiger partial charge in [0.05, 0.1) is 18.0 Å². The predicted molar refractivity (Wildman–Crippen MR) is 147 cm³/mol. The Bertz CT molecular complexity index is 885. The van der Waals surface area contributed by atoms with Crippen LogP contribution < -0.4 is 0 Å². The normalized spacial score (nSPS) is 11.1. The van der Waals surface area contributed by atoms with Crippen LogP contribution in [0.5, 0.6) is 0 Å². The number of hydrogen-bond acceptors (Lipinski definition) is 4. The molecule has 0 aromatic heterocycles. The minimum atomic E-state index is -0.275. The molecule has 0 amide bonds. The third-order valence-corrected chi connectivity index (χ3v) is 6.16. The van der Waals surface area contributed by atoms with Crippen molar-refractivity contribution in [3.05, 3.63) is 71.8 Å². The van der Waals surface area contributed by atoms with Crippen molar-refractivity contribution in [1.82, 2.24) is 0 Å². The van der Waals surface area contributed by atoms with Gasteiger partial charge in [0.2, 0.25) is 0 Å². The predicted octanol–water partition coefficient (Wildman–Crippen LogP) is 9.62. The Hall–Kier alpha value is -2.75. The van der Waals surface area contributed by atoms with E-state index in [0.717, 1.165) is 37.1 Å². The second-order valence-electron chi connectivity index (χ2n) is 9.48. The van der Waals surface area contributed by atoms with Crippen LogP contribution in [-0.4, -0.2) is 12.6 Å². The molecule has 0 aliphatic carbocycles. The highest BCUT2D eigenvalue weighted by molar-refractivity contribution is 5.86. The van der Waals surface area contributed by atoms with Gasteiger partial charge in [-0.2, -0.15) is 10.2 Å². The van der Waals surface area contributed by atoms with E-state index in [9.17, 15) is 4.79 Å². The molecule has 35 heavy (non-hydrogen) atoms. The molecule has 0 fully saturated rings. The zero-order valence-corrected chi connectivity index (χ0v) is 21.9. The topological polar surface area (TPSA) is 51.0 Å². The summed E-state index contributed by atoms with van der Waals surface area (Å²) in [6.07, 6.45) is 15.7. The number of hydrogen-bond donors (Lipinski definition) is 0. The van der Waals surface area contributed by atoms with Crippen LogP contribution in [0, 0.1) is 0 Å². The molecule has 4 heteroatoms. The molecule has 2 rings (SSSR count). The van der Waals surface area contributed by atoms with E-state index < -0.39 is 0 Å². The Morgan fingerprint density at radius 2 is 1.11 bits per heavy atom. The molecule has 4 nitrogen and oxygen atoms in total. The summed E-state index contributed by atoms with van der Waals surface area (Å²) in [4.78, 5) is 11.3. The van der Waals surface area contributed by atoms with Gasteiger partial charge >= 0.3 is 5.97 Å². The van der Waals surface area contributed by atoms with Crippen molar-refractivity contribution < 1.29 is 9.53 Å². The zero-order chi connectivity index (χ0) is 25.1. The third kappa shape index (κ3) is 13.1. The van der Waals surface area contributed by atoms with Crippen LogP contribution >= 0.6 is 0 Å². The summed E-state index contributed by atoms with van der Waals surface area (Å²) in [5.41, 5.74) is 5.01. The van der Waals surface area contributed by atoms with Gasteiger partial charge in [0.15, 0.2) is 0 Å². The van der Waals surface area contributed by atoms with Crippen molar-refractivity contribution in [2.75, 3.05) is 6.61 Å². The number of benzene rings is 2. The lowest BCUT2D eigenvalue weighted by atomic mass is 10.0. The molecule has 0 atom stereocenters. The van der Waals surface area contributed by atoms with E-state index in [-0.39, 0.29) is 5.97 Å². The number of ether oxygens (including phenoxy) is 1. The maximum Gasteiger partial charge on any atom is 0.333 e. The molecular formula is C31H44N2O2. The lowest BCUT2D eigenvalue weighted by Crippen LogP contribution is -2.05. The number of carbonyl (C=O) groups is 1. The van der Waals surface area contributed by atoms with Crippen LogP contribution in [0.3, 0.4) is 0 Å². The first-order valence-electron chi connectivity index (χ1n) is 13.5. The monoisotopic (exact) mass is 476 g/mol. The van der Waals surface area contributed by atoms with Crippen LogP contribution in [0.2, 0.25) is 0 Å². The maximum absolute atomic E-state index is 11.3. The van der Waals surface area contributed by atoms with Crippen molar-refractivity contribution in [3.8, 4) is 0 Å². The van der Waals surface area contributed by atoms with Crippen LogP contribution in [0.4, 0.5) is 11.4 Å². The van der Waals surface area contributed by atoms with Crippen LogP contribution in [0.15, 0.2) is 70.9 Å². The molecule has 0 N–H and O–H groups in total. The van der Waals surface area contributed by atoms with Gasteiger partial charge in [0.25, 0.3) is 0 Å². The van der Waals surface area contributed by atoms with Crippen LogP contribution in [0.25, 0.3) is 0 Å². The van der Waals surface area contributed by atoms with E-state index in [4.69, 9.17) is 4.74 Å². The quantitative estimate of drug-likeness (QED) is 0.0930. The fourth-order valence-electron chi connectivity index (χ4n) is 3.93. The summed E-state index contributed by atoms with van der Waals surface area (Å²) in [5.74, 6) is -0.275. The van der Waals surface area contributed by atoms with Gasteiger partial charge in [-0.25, -0.2) is 4.79 Å². The fourth-order valence-corrected chi connectivity index (χ4v) is 3.93. The largest absolute Gasteiger partial charge is 0.462 e. The minimum absolute atomic E-state index is 0.275. The Labute approximate surface area is 212 Å². The van der Waals surface area contributed by atoms with Crippen molar-refractivity contribution in [2.24, 2.45) is 10.2 Å². The highest BCUT2D eigenvalue weighted by Gasteiger charge is 2.02. The highest BCUT2D eigenvalue weighted by atomic mass is 16.5. The van der Waals surface area contributed by atoms with E-state index in [1.165, 1.54) is 68.9 Å². The van der Waals surface area contributed by atoms with E-state index in [1.807, 2.05) is 0 Å². The standard InChI is InChI=1S/C31H44N2O2/c1-4-5-12-15-27-17-21-29(22-18-27)32-33-30-23-19-28(20-24-30)16-13-10-8-6-7-9-11-14-25-35-31(34)26(2)3/h17-24H,2,4-16,25H2,1,3H3. The van der Waals surface area contributed by atoms with Crippen LogP contribution in [-0.2, 0) is 22.4 Å². The molecule has 0 aliphatic rings. The van der Waals surface area contributed by atoms with Gasteiger partial charge in [0.1, 0.15) is 0 Å². The van der Waals surface area contributed by atoms with E-state index in [2.05, 4.69) is 72.3 Å². The number of nitrogens with zero attached hydrogens (tertiary/aromatic N) is 2. The molecule has 0 bridgehead atoms. The molecule has 0 spiro atoms. The number of aryl methyl sites for hydroxylation is 2. The number of azo groups is 1. The molecule has 0 unspecified atom stereocenters. The second kappa shape index (κ2) is 17.7. The summed E-state index contributed by atoms with van der Waals surface area (Å²) in [6.45, 7) is 8.01. The molecule has 0 aliphatic heterocycles. The number of unbranched alkanes of at least 4 members (excludes halogenated alkanes) is 9. The third-order valence-electron chi connectivity index (χ3n) is 6.16. The smallest absolute Gasteiger partial charge is 0.333 e. The summed E-state index contributed by atoms with van der Waals surface area (Å²) >= 11 is 0. The summed E-state index contributed by atoms with van der Waals surface area (Å²) in [5, 5.41) is 8.78. The van der Waals surface area contributed by atoms with Gasteiger partial charge in [-0.05, 0) is 74.4 Å². The summed E-state index contributed by atoms with van der Waals surface area (Å²) in [7, 11) is 0. The Kier molecular flexibility index (Phi) is 14.4. The average Bonchev–Trinajstić information content (AvgIpc) is 2.87. The fraction of sp³-hybridized carbons (Fsp3) is 0.516. The number of rotatable bonds is 18. The van der Waals surface area contributed by atoms with Crippen molar-refractivity contribution >= 4 is 17.3 Å². The first kappa shape index (κ1) is 28.5. The summed E-state index contributed by atoms with van der Waals surface area (Å²) < 4.78 is 5.11. The van der Waals surface area contributed by atoms with Gasteiger partial charge in [-0.3, -0.25) is 0 Å². The Balaban J connectivity index is 1.53. The van der Waals surface area contributed by atoms with Gasteiger partial charge < -0.3 is 4.74 Å². The van der Waals surface area contributed by atoms with Crippen molar-refractivity contribution in [1.29, 1.82) is 0 Å². The van der Waals surface area contributed by atoms with E-state index in [0.29, 0.717) is 12.2 Å². The second-order valence-corrected chi connectivity index (χ2v) is 9.48. The molecular weight excluding hydrogens is 432 g/mol. The maximum atomic E-state index is 11.3. The minimum Gasteiger partial charge on any atom is -0.462 e. The molecule has 2 aromatic carbocycles. The molecule has 0 heterocycles. The average molecular weight is 477 g/mol. The summed E-state index contributed by atoms with van der Waals surface area (Å²) in [6, 6.07) is 16.9. The van der Waals surface area contributed by atoms with E-state index in [1.54, 1.807) is 6.92 Å². The van der Waals surface area contributed by atoms with E-state index >= 15 is 0 Å². The SMILES string of the molecule is C=C(C)C(=O)OCCCCCCCCCCc1ccc(N=Nc2ccc(CCCCC)cc2)cc1. The highest BCUT2D eigenvalue weighted by Crippen LogP contribution is 2.21. The van der Waals surface area contributed by atoms with Crippen molar-refractivity contribution in [2.45, 2.75) is 97.3 Å². The van der Waals surface area contributed by atoms with Crippen molar-refractivity contribution in [3.63, 3.8) is 0 Å². The Morgan fingerprint density at radius 1 is 0.686 bits per heavy atom. The number of carbonyl (C=O) groups excluding carboxylic acids is 1. The first-order valence-corrected chi connectivity index (χ1v) is 13.5. The van der Waals surface area contributed by atoms with Gasteiger partial charge in [-0.15, -0.1) is 0 Å². The molecule has 0 radical (unpaired) electrons. The molecule has 0 saturated heterocycles. The number of esters is 1. The Morgan fingerprint density at radius 3 is 1.57 bits per heavy atom. The first-order chi connectivity index (χ1) is 17.1. The lowest BCUT2D eigenvalue weighted by molar-refractivity contribution is -0.139. The zero-order valence-electron chi connectivity index (χ0n) is 21.9.